The molecule has 1 aromatic heterocycles. The SMILES string of the molecule is CNCC/C(C)=C/c1cccnc1. The highest BCUT2D eigenvalue weighted by Gasteiger charge is 1.90. The molecule has 1 heterocycles. The normalized spacial score (nSPS) is 11.7. The maximum Gasteiger partial charge on any atom is 0.0340 e. The van der Waals surface area contributed by atoms with Gasteiger partial charge in [0.2, 0.25) is 0 Å². The fraction of sp³-hybridized carbons (Fsp3) is 0.364. The lowest BCUT2D eigenvalue weighted by molar-refractivity contribution is 0.788. The van der Waals surface area contributed by atoms with E-state index < -0.39 is 0 Å². The van der Waals surface area contributed by atoms with Crippen LogP contribution in [0.3, 0.4) is 0 Å². The van der Waals surface area contributed by atoms with Gasteiger partial charge in [-0.25, -0.2) is 0 Å². The Bertz CT molecular complexity index is 265. The van der Waals surface area contributed by atoms with E-state index in [-0.39, 0.29) is 0 Å². The summed E-state index contributed by atoms with van der Waals surface area (Å²) in [6, 6.07) is 4.02. The molecule has 0 fully saturated rings. The van der Waals surface area contributed by atoms with Gasteiger partial charge in [0.15, 0.2) is 0 Å². The second kappa shape index (κ2) is 5.49. The number of hydrogen-bond donors (Lipinski definition) is 1. The number of nitrogens with one attached hydrogen (secondary N) is 1. The Morgan fingerprint density at radius 2 is 2.46 bits per heavy atom. The van der Waals surface area contributed by atoms with Gasteiger partial charge in [-0.05, 0) is 38.6 Å². The summed E-state index contributed by atoms with van der Waals surface area (Å²) in [5.74, 6) is 0. The van der Waals surface area contributed by atoms with E-state index in [1.54, 1.807) is 6.20 Å². The molecule has 0 atom stereocenters. The Balaban J connectivity index is 2.55. The van der Waals surface area contributed by atoms with Gasteiger partial charge in [-0.2, -0.15) is 0 Å². The molecule has 2 nitrogen and oxygen atoms in total. The zero-order valence-electron chi connectivity index (χ0n) is 8.25. The van der Waals surface area contributed by atoms with Gasteiger partial charge in [-0.1, -0.05) is 17.7 Å². The van der Waals surface area contributed by atoms with E-state index in [0.717, 1.165) is 13.0 Å². The van der Waals surface area contributed by atoms with Crippen LogP contribution in [0.2, 0.25) is 0 Å². The van der Waals surface area contributed by atoms with Crippen LogP contribution in [0, 0.1) is 0 Å². The molecule has 0 aliphatic carbocycles. The molecular formula is C11H16N2. The quantitative estimate of drug-likeness (QED) is 0.760. The number of rotatable bonds is 4. The van der Waals surface area contributed by atoms with Crippen molar-refractivity contribution in [2.24, 2.45) is 0 Å². The Kier molecular flexibility index (Phi) is 4.19. The third-order valence-corrected chi connectivity index (χ3v) is 1.87. The molecule has 0 aliphatic heterocycles. The average Bonchev–Trinajstić information content (AvgIpc) is 2.16. The third-order valence-electron chi connectivity index (χ3n) is 1.87. The van der Waals surface area contributed by atoms with Crippen LogP contribution in [0.4, 0.5) is 0 Å². The van der Waals surface area contributed by atoms with Crippen molar-refractivity contribution in [1.29, 1.82) is 0 Å². The number of hydrogen-bond acceptors (Lipinski definition) is 2. The monoisotopic (exact) mass is 176 g/mol. The van der Waals surface area contributed by atoms with Crippen LogP contribution < -0.4 is 5.32 Å². The number of nitrogens with zero attached hydrogens (tertiary/aromatic N) is 1. The molecule has 1 rings (SSSR count). The summed E-state index contributed by atoms with van der Waals surface area (Å²) in [4.78, 5) is 4.06. The van der Waals surface area contributed by atoms with Gasteiger partial charge in [0, 0.05) is 12.4 Å². The summed E-state index contributed by atoms with van der Waals surface area (Å²) < 4.78 is 0. The predicted molar refractivity (Wildman–Crippen MR) is 56.4 cm³/mol. The highest BCUT2D eigenvalue weighted by Crippen LogP contribution is 2.06. The second-order valence-corrected chi connectivity index (χ2v) is 3.13. The Morgan fingerprint density at radius 3 is 3.08 bits per heavy atom. The van der Waals surface area contributed by atoms with Gasteiger partial charge >= 0.3 is 0 Å². The molecule has 2 heteroatoms. The number of aromatic nitrogens is 1. The maximum atomic E-state index is 4.06. The van der Waals surface area contributed by atoms with Gasteiger partial charge in [-0.3, -0.25) is 4.98 Å². The number of pyridine rings is 1. The minimum Gasteiger partial charge on any atom is -0.319 e. The molecule has 0 radical (unpaired) electrons. The minimum atomic E-state index is 1.03. The van der Waals surface area contributed by atoms with E-state index >= 15 is 0 Å². The van der Waals surface area contributed by atoms with Gasteiger partial charge in [-0.15, -0.1) is 0 Å². The van der Waals surface area contributed by atoms with Crippen LogP contribution in [0.15, 0.2) is 30.1 Å². The van der Waals surface area contributed by atoms with E-state index in [1.165, 1.54) is 11.1 Å². The highest BCUT2D eigenvalue weighted by atomic mass is 14.8. The molecule has 70 valence electrons. The fourth-order valence-electron chi connectivity index (χ4n) is 1.14. The summed E-state index contributed by atoms with van der Waals surface area (Å²) in [6.07, 6.45) is 6.93. The molecule has 0 saturated heterocycles. The van der Waals surface area contributed by atoms with E-state index in [1.807, 2.05) is 19.3 Å². The average molecular weight is 176 g/mol. The van der Waals surface area contributed by atoms with Crippen LogP contribution in [0.5, 0.6) is 0 Å². The van der Waals surface area contributed by atoms with E-state index in [4.69, 9.17) is 0 Å². The minimum absolute atomic E-state index is 1.03. The van der Waals surface area contributed by atoms with E-state index in [0.29, 0.717) is 0 Å². The smallest absolute Gasteiger partial charge is 0.0340 e. The van der Waals surface area contributed by atoms with Crippen LogP contribution in [0.1, 0.15) is 18.9 Å². The summed E-state index contributed by atoms with van der Waals surface area (Å²) in [5, 5.41) is 3.13. The molecule has 0 unspecified atom stereocenters. The predicted octanol–water partition coefficient (Wildman–Crippen LogP) is 2.09. The molecule has 1 N–H and O–H groups in total. The van der Waals surface area contributed by atoms with Crippen molar-refractivity contribution >= 4 is 6.08 Å². The first-order chi connectivity index (χ1) is 6.33. The van der Waals surface area contributed by atoms with Crippen molar-refractivity contribution in [3.05, 3.63) is 35.7 Å². The molecule has 0 bridgehead atoms. The lowest BCUT2D eigenvalue weighted by atomic mass is 10.1. The zero-order chi connectivity index (χ0) is 9.52. The van der Waals surface area contributed by atoms with Crippen LogP contribution in [0.25, 0.3) is 6.08 Å². The first-order valence-corrected chi connectivity index (χ1v) is 4.54. The van der Waals surface area contributed by atoms with Gasteiger partial charge in [0.1, 0.15) is 0 Å². The highest BCUT2D eigenvalue weighted by molar-refractivity contribution is 5.50. The zero-order valence-corrected chi connectivity index (χ0v) is 8.25. The van der Waals surface area contributed by atoms with Gasteiger partial charge in [0.25, 0.3) is 0 Å². The molecule has 0 spiro atoms. The van der Waals surface area contributed by atoms with Crippen molar-refractivity contribution in [3.8, 4) is 0 Å². The lowest BCUT2D eigenvalue weighted by Gasteiger charge is -2.00. The summed E-state index contributed by atoms with van der Waals surface area (Å²) in [7, 11) is 1.97. The Hall–Kier alpha value is -1.15. The van der Waals surface area contributed by atoms with Crippen molar-refractivity contribution in [2.45, 2.75) is 13.3 Å². The molecule has 0 aromatic carbocycles. The molecule has 0 aliphatic rings. The maximum absolute atomic E-state index is 4.06. The van der Waals surface area contributed by atoms with Crippen LogP contribution in [-0.2, 0) is 0 Å². The molecule has 1 aromatic rings. The largest absolute Gasteiger partial charge is 0.319 e. The Labute approximate surface area is 79.7 Å². The van der Waals surface area contributed by atoms with Crippen molar-refractivity contribution in [2.75, 3.05) is 13.6 Å². The fourth-order valence-corrected chi connectivity index (χ4v) is 1.14. The Morgan fingerprint density at radius 1 is 1.62 bits per heavy atom. The lowest BCUT2D eigenvalue weighted by Crippen LogP contribution is -2.07. The molecule has 0 saturated carbocycles. The topological polar surface area (TPSA) is 24.9 Å². The summed E-state index contributed by atoms with van der Waals surface area (Å²) in [5.41, 5.74) is 2.55. The van der Waals surface area contributed by atoms with Crippen molar-refractivity contribution < 1.29 is 0 Å². The summed E-state index contributed by atoms with van der Waals surface area (Å²) in [6.45, 7) is 3.17. The van der Waals surface area contributed by atoms with Gasteiger partial charge in [0.05, 0.1) is 0 Å². The standard InChI is InChI=1S/C11H16N2/c1-10(5-7-12-2)8-11-4-3-6-13-9-11/h3-4,6,8-9,12H,5,7H2,1-2H3/b10-8+. The van der Waals surface area contributed by atoms with Crippen molar-refractivity contribution in [1.82, 2.24) is 10.3 Å². The first kappa shape index (κ1) is 9.93. The van der Waals surface area contributed by atoms with Crippen LogP contribution >= 0.6 is 0 Å². The summed E-state index contributed by atoms with van der Waals surface area (Å²) >= 11 is 0. The van der Waals surface area contributed by atoms with E-state index in [9.17, 15) is 0 Å². The first-order valence-electron chi connectivity index (χ1n) is 4.54. The molecule has 0 amide bonds. The van der Waals surface area contributed by atoms with Crippen molar-refractivity contribution in [3.63, 3.8) is 0 Å². The van der Waals surface area contributed by atoms with Gasteiger partial charge < -0.3 is 5.32 Å². The second-order valence-electron chi connectivity index (χ2n) is 3.13. The molecule has 13 heavy (non-hydrogen) atoms. The third kappa shape index (κ3) is 3.85. The van der Waals surface area contributed by atoms with Crippen LogP contribution in [-0.4, -0.2) is 18.6 Å². The van der Waals surface area contributed by atoms with E-state index in [2.05, 4.69) is 29.4 Å². The molecular weight excluding hydrogens is 160 g/mol.